The summed E-state index contributed by atoms with van der Waals surface area (Å²) in [5.74, 6) is -1.43. The lowest BCUT2D eigenvalue weighted by Gasteiger charge is -2.31. The second kappa shape index (κ2) is 6.49. The highest BCUT2D eigenvalue weighted by Gasteiger charge is 2.46. The molecule has 0 bridgehead atoms. The van der Waals surface area contributed by atoms with Crippen LogP contribution in [0.1, 0.15) is 22.3 Å². The zero-order chi connectivity index (χ0) is 18.2. The van der Waals surface area contributed by atoms with Gasteiger partial charge in [0, 0.05) is 4.90 Å². The zero-order valence-corrected chi connectivity index (χ0v) is 15.3. The third-order valence-corrected chi connectivity index (χ3v) is 6.11. The Balaban J connectivity index is 1.84. The Hall–Kier alpha value is -2.39. The van der Waals surface area contributed by atoms with Crippen molar-refractivity contribution in [3.63, 3.8) is 0 Å². The Kier molecular flexibility index (Phi) is 4.53. The first-order chi connectivity index (χ1) is 11.8. The van der Waals surface area contributed by atoms with Gasteiger partial charge in [-0.05, 0) is 26.0 Å². The predicted molar refractivity (Wildman–Crippen MR) is 96.2 cm³/mol. The number of nitrogens with zero attached hydrogens (tertiary/aromatic N) is 1. The van der Waals surface area contributed by atoms with Crippen molar-refractivity contribution in [2.45, 2.75) is 23.5 Å². The van der Waals surface area contributed by atoms with Crippen molar-refractivity contribution in [2.24, 2.45) is 0 Å². The lowest BCUT2D eigenvalue weighted by Crippen LogP contribution is -2.49. The van der Waals surface area contributed by atoms with Crippen molar-refractivity contribution in [2.75, 3.05) is 17.7 Å². The largest absolute Gasteiger partial charge is 0.465 e. The van der Waals surface area contributed by atoms with Crippen molar-refractivity contribution in [3.05, 3.63) is 34.8 Å². The SMILES string of the molecule is COC(=O)c1sc(NC(=O)C2(C)Sc3ccccc3NC2=O)nc1C. The molecule has 2 amide bonds. The van der Waals surface area contributed by atoms with Crippen LogP contribution in [-0.2, 0) is 14.3 Å². The molecule has 0 spiro atoms. The number of aromatic nitrogens is 1. The minimum atomic E-state index is -1.35. The summed E-state index contributed by atoms with van der Waals surface area (Å²) in [5.41, 5.74) is 1.14. The van der Waals surface area contributed by atoms with E-state index in [0.29, 0.717) is 16.3 Å². The Morgan fingerprint density at radius 2 is 2.04 bits per heavy atom. The van der Waals surface area contributed by atoms with E-state index in [2.05, 4.69) is 20.4 Å². The number of carbonyl (C=O) groups excluding carboxylic acids is 3. The van der Waals surface area contributed by atoms with Gasteiger partial charge in [0.2, 0.25) is 5.91 Å². The number of fused-ring (bicyclic) bond motifs is 1. The molecule has 1 aliphatic rings. The van der Waals surface area contributed by atoms with Crippen molar-refractivity contribution in [1.82, 2.24) is 4.98 Å². The summed E-state index contributed by atoms with van der Waals surface area (Å²) in [6, 6.07) is 7.28. The Morgan fingerprint density at radius 1 is 1.32 bits per heavy atom. The van der Waals surface area contributed by atoms with E-state index >= 15 is 0 Å². The number of aryl methyl sites for hydroxylation is 1. The number of amides is 2. The second-order valence-corrected chi connectivity index (χ2v) is 7.92. The van der Waals surface area contributed by atoms with Gasteiger partial charge in [0.15, 0.2) is 9.88 Å². The van der Waals surface area contributed by atoms with Gasteiger partial charge in [0.25, 0.3) is 5.91 Å². The molecule has 25 heavy (non-hydrogen) atoms. The summed E-state index contributed by atoms with van der Waals surface area (Å²) >= 11 is 2.19. The van der Waals surface area contributed by atoms with E-state index in [1.54, 1.807) is 19.9 Å². The molecule has 2 aromatic rings. The number of anilines is 2. The molecule has 0 saturated heterocycles. The van der Waals surface area contributed by atoms with E-state index in [-0.39, 0.29) is 5.13 Å². The van der Waals surface area contributed by atoms with E-state index in [1.165, 1.54) is 18.9 Å². The van der Waals surface area contributed by atoms with Gasteiger partial charge in [-0.1, -0.05) is 35.2 Å². The standard InChI is InChI=1S/C16H15N3O4S2/c1-8-11(12(20)23-3)24-15(17-8)19-14(22)16(2)13(21)18-9-6-4-5-7-10(9)25-16/h4-7H,1-3H3,(H,18,21)(H,17,19,22). The molecule has 1 aromatic carbocycles. The maximum Gasteiger partial charge on any atom is 0.350 e. The normalized spacial score (nSPS) is 18.9. The van der Waals surface area contributed by atoms with Gasteiger partial charge in [-0.15, -0.1) is 0 Å². The van der Waals surface area contributed by atoms with Crippen LogP contribution < -0.4 is 10.6 Å². The number of thiazole rings is 1. The lowest BCUT2D eigenvalue weighted by atomic mass is 10.1. The van der Waals surface area contributed by atoms with Crippen LogP contribution in [0.5, 0.6) is 0 Å². The van der Waals surface area contributed by atoms with E-state index < -0.39 is 22.5 Å². The minimum absolute atomic E-state index is 0.247. The first-order valence-corrected chi connectivity index (χ1v) is 8.95. The fourth-order valence-corrected chi connectivity index (χ4v) is 4.25. The summed E-state index contributed by atoms with van der Waals surface area (Å²) in [6.07, 6.45) is 0. The molecular formula is C16H15N3O4S2. The number of hydrogen-bond acceptors (Lipinski definition) is 7. The Bertz CT molecular complexity index is 880. The van der Waals surface area contributed by atoms with Crippen LogP contribution in [-0.4, -0.2) is 34.6 Å². The van der Waals surface area contributed by atoms with Crippen molar-refractivity contribution >= 4 is 51.7 Å². The average Bonchev–Trinajstić information content (AvgIpc) is 2.95. The van der Waals surface area contributed by atoms with Crippen molar-refractivity contribution in [1.29, 1.82) is 0 Å². The first-order valence-electron chi connectivity index (χ1n) is 7.32. The van der Waals surface area contributed by atoms with Crippen LogP contribution in [0.3, 0.4) is 0 Å². The number of ether oxygens (including phenoxy) is 1. The van der Waals surface area contributed by atoms with Crippen molar-refractivity contribution < 1.29 is 19.1 Å². The Morgan fingerprint density at radius 3 is 2.76 bits per heavy atom. The molecule has 130 valence electrons. The highest BCUT2D eigenvalue weighted by Crippen LogP contribution is 2.43. The molecule has 1 unspecified atom stereocenters. The van der Waals surface area contributed by atoms with E-state index in [0.717, 1.165) is 16.2 Å². The number of esters is 1. The number of methoxy groups -OCH3 is 1. The maximum absolute atomic E-state index is 12.7. The predicted octanol–water partition coefficient (Wildman–Crippen LogP) is 2.68. The van der Waals surface area contributed by atoms with Crippen LogP contribution in [0.25, 0.3) is 0 Å². The average molecular weight is 377 g/mol. The smallest absolute Gasteiger partial charge is 0.350 e. The quantitative estimate of drug-likeness (QED) is 0.630. The zero-order valence-electron chi connectivity index (χ0n) is 13.7. The second-order valence-electron chi connectivity index (χ2n) is 5.46. The summed E-state index contributed by atoms with van der Waals surface area (Å²) in [6.45, 7) is 3.21. The van der Waals surface area contributed by atoms with Gasteiger partial charge in [-0.2, -0.15) is 0 Å². The van der Waals surface area contributed by atoms with E-state index in [1.807, 2.05) is 18.2 Å². The number of benzene rings is 1. The Labute approximate surface area is 152 Å². The van der Waals surface area contributed by atoms with Crippen molar-refractivity contribution in [3.8, 4) is 0 Å². The monoisotopic (exact) mass is 377 g/mol. The molecule has 1 aliphatic heterocycles. The highest BCUT2D eigenvalue weighted by molar-refractivity contribution is 8.02. The molecular weight excluding hydrogens is 362 g/mol. The lowest BCUT2D eigenvalue weighted by molar-refractivity contribution is -0.126. The summed E-state index contributed by atoms with van der Waals surface area (Å²) in [7, 11) is 1.28. The maximum atomic E-state index is 12.7. The molecule has 1 aromatic heterocycles. The topological polar surface area (TPSA) is 97.4 Å². The molecule has 3 rings (SSSR count). The molecule has 0 aliphatic carbocycles. The van der Waals surface area contributed by atoms with Crippen LogP contribution >= 0.6 is 23.1 Å². The van der Waals surface area contributed by atoms with Gasteiger partial charge in [-0.3, -0.25) is 9.59 Å². The summed E-state index contributed by atoms with van der Waals surface area (Å²) in [4.78, 5) is 42.1. The molecule has 0 fully saturated rings. The van der Waals surface area contributed by atoms with Crippen LogP contribution in [0.4, 0.5) is 10.8 Å². The first kappa shape index (κ1) is 17.4. The molecule has 7 nitrogen and oxygen atoms in total. The molecule has 0 saturated carbocycles. The fraction of sp³-hybridized carbons (Fsp3) is 0.250. The number of carbonyl (C=O) groups is 3. The number of nitrogens with one attached hydrogen (secondary N) is 2. The number of rotatable bonds is 3. The highest BCUT2D eigenvalue weighted by atomic mass is 32.2. The van der Waals surface area contributed by atoms with E-state index in [9.17, 15) is 14.4 Å². The van der Waals surface area contributed by atoms with Gasteiger partial charge in [-0.25, -0.2) is 9.78 Å². The number of thioether (sulfide) groups is 1. The van der Waals surface area contributed by atoms with Crippen LogP contribution in [0, 0.1) is 6.92 Å². The molecule has 2 heterocycles. The third-order valence-electron chi connectivity index (χ3n) is 3.70. The van der Waals surface area contributed by atoms with Crippen LogP contribution in [0.15, 0.2) is 29.2 Å². The van der Waals surface area contributed by atoms with E-state index in [4.69, 9.17) is 0 Å². The minimum Gasteiger partial charge on any atom is -0.465 e. The van der Waals surface area contributed by atoms with Crippen LogP contribution in [0.2, 0.25) is 0 Å². The molecule has 2 N–H and O–H groups in total. The summed E-state index contributed by atoms with van der Waals surface area (Å²) in [5, 5.41) is 5.63. The van der Waals surface area contributed by atoms with Gasteiger partial charge < -0.3 is 15.4 Å². The van der Waals surface area contributed by atoms with Gasteiger partial charge in [0.1, 0.15) is 4.88 Å². The third kappa shape index (κ3) is 3.12. The van der Waals surface area contributed by atoms with Gasteiger partial charge >= 0.3 is 5.97 Å². The number of hydrogen-bond donors (Lipinski definition) is 2. The van der Waals surface area contributed by atoms with Gasteiger partial charge in [0.05, 0.1) is 18.5 Å². The number of para-hydroxylation sites is 1. The fourth-order valence-electron chi connectivity index (χ4n) is 2.26. The molecule has 0 radical (unpaired) electrons. The molecule has 1 atom stereocenters. The molecule has 9 heteroatoms. The summed E-state index contributed by atoms with van der Waals surface area (Å²) < 4.78 is 3.33.